The lowest BCUT2D eigenvalue weighted by Crippen LogP contribution is -2.67. The normalized spacial score (nSPS) is 44.1. The molecule has 5 rings (SSSR count). The van der Waals surface area contributed by atoms with Crippen LogP contribution in [0.1, 0.15) is 99.3 Å². The summed E-state index contributed by atoms with van der Waals surface area (Å²) in [5.41, 5.74) is 6.34. The smallest absolute Gasteiger partial charge is 0.307 e. The van der Waals surface area contributed by atoms with E-state index < -0.39 is 77.4 Å². The topological polar surface area (TPSA) is 187 Å². The van der Waals surface area contributed by atoms with Gasteiger partial charge in [-0.05, 0) is 86.4 Å². The monoisotopic (exact) mass is 665 g/mol. The van der Waals surface area contributed by atoms with Gasteiger partial charge in [-0.25, -0.2) is 0 Å². The minimum Gasteiger partial charge on any atom is -0.481 e. The second-order valence-electron chi connectivity index (χ2n) is 15.0. The Labute approximate surface area is 275 Å². The molecule has 0 unspecified atom stereocenters. The van der Waals surface area contributed by atoms with Gasteiger partial charge in [0.2, 0.25) is 0 Å². The number of hydrogen-bond donors (Lipinski definition) is 2. The highest BCUT2D eigenvalue weighted by atomic mass is 16.7. The molecule has 0 aromatic rings. The Hall–Kier alpha value is -2.77. The molecule has 0 aromatic carbocycles. The molecule has 0 bridgehead atoms. The quantitative estimate of drug-likeness (QED) is 0.219. The van der Waals surface area contributed by atoms with Crippen LogP contribution >= 0.6 is 0 Å². The third-order valence-electron chi connectivity index (χ3n) is 12.5. The lowest BCUT2D eigenvalue weighted by Gasteiger charge is -2.64. The maximum absolute atomic E-state index is 12.3. The predicted octanol–water partition coefficient (Wildman–Crippen LogP) is 3.28. The van der Waals surface area contributed by atoms with Crippen LogP contribution in [0.4, 0.5) is 0 Å². The average molecular weight is 666 g/mol. The Morgan fingerprint density at radius 3 is 2.02 bits per heavy atom. The lowest BCUT2D eigenvalue weighted by atomic mass is 9.42. The fourth-order valence-corrected chi connectivity index (χ4v) is 10.3. The van der Waals surface area contributed by atoms with Crippen LogP contribution in [0.15, 0.2) is 0 Å². The number of nitrogens with two attached hydrogens (primary N) is 1. The molecule has 1 saturated heterocycles. The molecule has 264 valence electrons. The lowest BCUT2D eigenvalue weighted by molar-refractivity contribution is -0.321. The van der Waals surface area contributed by atoms with E-state index in [2.05, 4.69) is 13.8 Å². The molecule has 1 aliphatic heterocycles. The molecule has 1 heterocycles. The van der Waals surface area contributed by atoms with Crippen molar-refractivity contribution in [1.29, 1.82) is 0 Å². The number of hydrogen-bond acceptors (Lipinski definition) is 12. The van der Waals surface area contributed by atoms with Gasteiger partial charge in [0, 0.05) is 33.2 Å². The molecule has 0 aromatic heterocycles. The Morgan fingerprint density at radius 2 is 1.40 bits per heavy atom. The number of carbonyl (C=O) groups excluding carboxylic acids is 4. The summed E-state index contributed by atoms with van der Waals surface area (Å²) in [4.78, 5) is 60.4. The van der Waals surface area contributed by atoms with Gasteiger partial charge in [0.1, 0.15) is 12.7 Å². The van der Waals surface area contributed by atoms with Crippen LogP contribution in [0, 0.1) is 34.5 Å². The van der Waals surface area contributed by atoms with Gasteiger partial charge in [-0.1, -0.05) is 13.8 Å². The Morgan fingerprint density at radius 1 is 0.766 bits per heavy atom. The van der Waals surface area contributed by atoms with Crippen LogP contribution in [-0.4, -0.2) is 83.9 Å². The van der Waals surface area contributed by atoms with Gasteiger partial charge in [-0.15, -0.1) is 0 Å². The van der Waals surface area contributed by atoms with E-state index in [9.17, 15) is 29.1 Å². The standard InChI is InChI=1S/C34H51NO12/c1-17(36)42-16-26-27(43-18(2)37)28(44-19(3)38)29(45-20(4)39)31(47-26)46-22-9-12-32(5)21(15-22)7-8-24-23(32)10-13-33(6)25(30(40)41)11-14-34(24,33)35/h21-29,31H,7-16,35H2,1-6H3,(H,40,41)/t21-,22+,23+,24-,25-,26-,27-,28+,29-,31-,32+,33-,34+/m1/s1. The van der Waals surface area contributed by atoms with Crippen molar-refractivity contribution in [2.24, 2.45) is 40.2 Å². The molecular weight excluding hydrogens is 614 g/mol. The highest BCUT2D eigenvalue weighted by Gasteiger charge is 2.67. The zero-order chi connectivity index (χ0) is 34.5. The van der Waals surface area contributed by atoms with E-state index >= 15 is 0 Å². The highest BCUT2D eigenvalue weighted by molar-refractivity contribution is 5.72. The molecule has 13 nitrogen and oxygen atoms in total. The summed E-state index contributed by atoms with van der Waals surface area (Å²) in [6.07, 6.45) is 0.929. The summed E-state index contributed by atoms with van der Waals surface area (Å²) in [5, 5.41) is 10.0. The zero-order valence-corrected chi connectivity index (χ0v) is 28.4. The molecule has 13 heteroatoms. The van der Waals surface area contributed by atoms with Crippen molar-refractivity contribution >= 4 is 29.8 Å². The molecule has 3 N–H and O–H groups in total. The number of fused-ring (bicyclic) bond motifs is 5. The second kappa shape index (κ2) is 13.3. The van der Waals surface area contributed by atoms with E-state index in [1.807, 2.05) is 0 Å². The molecule has 4 aliphatic carbocycles. The van der Waals surface area contributed by atoms with Crippen LogP contribution < -0.4 is 5.73 Å². The van der Waals surface area contributed by atoms with E-state index in [4.69, 9.17) is 34.2 Å². The summed E-state index contributed by atoms with van der Waals surface area (Å²) in [6, 6.07) is 0. The molecule has 0 spiro atoms. The molecule has 13 atom stereocenters. The molecule has 5 fully saturated rings. The Kier molecular flexibility index (Phi) is 10.0. The number of aliphatic carboxylic acids is 1. The van der Waals surface area contributed by atoms with E-state index in [0.29, 0.717) is 24.7 Å². The highest BCUT2D eigenvalue weighted by Crippen LogP contribution is 2.68. The summed E-state index contributed by atoms with van der Waals surface area (Å²) in [6.45, 7) is 8.95. The SMILES string of the molecule is CC(=O)OC[C@H]1O[C@@H](O[C@H]2CC[C@@]3(C)[C@H](CC[C@@H]4[C@@H]3CC[C@]3(C)[C@@H](C(=O)O)CC[C@]43N)C2)[C@H](OC(C)=O)[C@@H](OC(C)=O)[C@@H]1OC(C)=O. The number of ether oxygens (including phenoxy) is 6. The summed E-state index contributed by atoms with van der Waals surface area (Å²) >= 11 is 0. The second-order valence-corrected chi connectivity index (χ2v) is 15.0. The molecule has 4 saturated carbocycles. The van der Waals surface area contributed by atoms with Gasteiger partial charge >= 0.3 is 29.8 Å². The fourth-order valence-electron chi connectivity index (χ4n) is 10.3. The van der Waals surface area contributed by atoms with Gasteiger partial charge in [-0.3, -0.25) is 24.0 Å². The van der Waals surface area contributed by atoms with E-state index in [-0.39, 0.29) is 24.0 Å². The molecule has 5 aliphatic rings. The minimum atomic E-state index is -1.28. The minimum absolute atomic E-state index is 0.000936. The van der Waals surface area contributed by atoms with Crippen molar-refractivity contribution in [2.75, 3.05) is 6.61 Å². The van der Waals surface area contributed by atoms with Gasteiger partial charge in [-0.2, -0.15) is 0 Å². The largest absolute Gasteiger partial charge is 0.481 e. The molecule has 0 amide bonds. The number of carbonyl (C=O) groups is 5. The van der Waals surface area contributed by atoms with Crippen LogP contribution in [0.2, 0.25) is 0 Å². The first-order chi connectivity index (χ1) is 22.0. The van der Waals surface area contributed by atoms with Crippen molar-refractivity contribution in [1.82, 2.24) is 0 Å². The first-order valence-electron chi connectivity index (χ1n) is 17.0. The number of esters is 4. The van der Waals surface area contributed by atoms with E-state index in [1.165, 1.54) is 27.7 Å². The fraction of sp³-hybridized carbons (Fsp3) is 0.853. The van der Waals surface area contributed by atoms with Crippen LogP contribution in [0.3, 0.4) is 0 Å². The van der Waals surface area contributed by atoms with Crippen molar-refractivity contribution < 1.29 is 57.5 Å². The van der Waals surface area contributed by atoms with E-state index in [1.54, 1.807) is 0 Å². The van der Waals surface area contributed by atoms with Crippen molar-refractivity contribution in [3.63, 3.8) is 0 Å². The molecule has 47 heavy (non-hydrogen) atoms. The average Bonchev–Trinajstić information content (AvgIpc) is 3.25. The first kappa shape index (κ1) is 35.5. The predicted molar refractivity (Wildman–Crippen MR) is 163 cm³/mol. The maximum atomic E-state index is 12.3. The van der Waals surface area contributed by atoms with Gasteiger partial charge in [0.25, 0.3) is 0 Å². The van der Waals surface area contributed by atoms with Crippen LogP contribution in [0.5, 0.6) is 0 Å². The number of rotatable bonds is 8. The van der Waals surface area contributed by atoms with E-state index in [0.717, 1.165) is 44.9 Å². The van der Waals surface area contributed by atoms with Crippen LogP contribution in [-0.2, 0) is 52.4 Å². The molecular formula is C34H51NO12. The number of carboxylic acids is 1. The summed E-state index contributed by atoms with van der Waals surface area (Å²) in [7, 11) is 0. The summed E-state index contributed by atoms with van der Waals surface area (Å²) < 4.78 is 34.6. The van der Waals surface area contributed by atoms with Crippen LogP contribution in [0.25, 0.3) is 0 Å². The van der Waals surface area contributed by atoms with Crippen molar-refractivity contribution in [2.45, 2.75) is 142 Å². The number of carboxylic acid groups (broad SMARTS) is 1. The van der Waals surface area contributed by atoms with Crippen molar-refractivity contribution in [3.8, 4) is 0 Å². The van der Waals surface area contributed by atoms with Crippen molar-refractivity contribution in [3.05, 3.63) is 0 Å². The Bertz CT molecular complexity index is 1260. The van der Waals surface area contributed by atoms with Gasteiger partial charge in [0.05, 0.1) is 12.0 Å². The third-order valence-corrected chi connectivity index (χ3v) is 12.5. The van der Waals surface area contributed by atoms with Gasteiger partial charge < -0.3 is 39.3 Å². The third kappa shape index (κ3) is 6.51. The maximum Gasteiger partial charge on any atom is 0.307 e. The molecule has 0 radical (unpaired) electrons. The Balaban J connectivity index is 1.35. The first-order valence-corrected chi connectivity index (χ1v) is 17.0. The zero-order valence-electron chi connectivity index (χ0n) is 28.4. The summed E-state index contributed by atoms with van der Waals surface area (Å²) in [5.74, 6) is -2.84. The van der Waals surface area contributed by atoms with Gasteiger partial charge in [0.15, 0.2) is 24.6 Å².